The van der Waals surface area contributed by atoms with Gasteiger partial charge >= 0.3 is 0 Å². The van der Waals surface area contributed by atoms with Crippen LogP contribution in [0.3, 0.4) is 0 Å². The summed E-state index contributed by atoms with van der Waals surface area (Å²) < 4.78 is 27.5. The van der Waals surface area contributed by atoms with Crippen LogP contribution in [0.25, 0.3) is 0 Å². The number of aromatic nitrogens is 2. The Morgan fingerprint density at radius 1 is 1.62 bits per heavy atom. The van der Waals surface area contributed by atoms with Gasteiger partial charge in [-0.15, -0.1) is 0 Å². The number of rotatable bonds is 1. The summed E-state index contributed by atoms with van der Waals surface area (Å²) in [6.07, 6.45) is 2.78. The molecular formula is C8H12N4O3S. The van der Waals surface area contributed by atoms with Crippen molar-refractivity contribution in [2.75, 3.05) is 10.8 Å². The second kappa shape index (κ2) is 3.21. The largest absolute Gasteiger partial charge is 0.380 e. The van der Waals surface area contributed by atoms with Crippen LogP contribution in [-0.4, -0.2) is 19.7 Å². The molecular weight excluding hydrogens is 232 g/mol. The zero-order valence-corrected chi connectivity index (χ0v) is 9.73. The molecule has 0 saturated carbocycles. The number of hydrogen-bond acceptors (Lipinski definition) is 5. The predicted molar refractivity (Wildman–Crippen MR) is 53.3 cm³/mol. The Hall–Kier alpha value is -1.57. The van der Waals surface area contributed by atoms with Crippen LogP contribution in [0.15, 0.2) is 22.3 Å². The van der Waals surface area contributed by atoms with E-state index >= 15 is 0 Å². The van der Waals surface area contributed by atoms with Gasteiger partial charge in [0.25, 0.3) is 11.8 Å². The van der Waals surface area contributed by atoms with Gasteiger partial charge in [0.2, 0.25) is 0 Å². The lowest BCUT2D eigenvalue weighted by Crippen LogP contribution is -2.68. The van der Waals surface area contributed by atoms with Crippen molar-refractivity contribution in [2.45, 2.75) is 19.4 Å². The molecule has 16 heavy (non-hydrogen) atoms. The van der Waals surface area contributed by atoms with Gasteiger partial charge in [-0.1, -0.05) is 18.6 Å². The monoisotopic (exact) mass is 244 g/mol. The molecule has 0 radical (unpaired) electrons. The Labute approximate surface area is 92.3 Å². The number of nitrogens with one attached hydrogen (secondary N) is 1. The quantitative estimate of drug-likeness (QED) is 0.615. The molecule has 1 aliphatic heterocycles. The minimum absolute atomic E-state index is 0.0102. The molecule has 0 aliphatic carbocycles. The van der Waals surface area contributed by atoms with Crippen LogP contribution >= 0.6 is 0 Å². The van der Waals surface area contributed by atoms with Gasteiger partial charge in [-0.05, 0) is 11.5 Å². The third kappa shape index (κ3) is 1.87. The van der Waals surface area contributed by atoms with Crippen molar-refractivity contribution in [1.29, 1.82) is 5.41 Å². The van der Waals surface area contributed by atoms with Gasteiger partial charge in [-0.25, -0.2) is 13.4 Å². The van der Waals surface area contributed by atoms with Crippen molar-refractivity contribution < 1.29 is 17.7 Å². The van der Waals surface area contributed by atoms with Gasteiger partial charge in [0.15, 0.2) is 9.84 Å². The average Bonchev–Trinajstić information content (AvgIpc) is 2.47. The Morgan fingerprint density at radius 2 is 2.31 bits per heavy atom. The van der Waals surface area contributed by atoms with Crippen molar-refractivity contribution in [3.8, 4) is 0 Å². The molecule has 0 bridgehead atoms. The van der Waals surface area contributed by atoms with E-state index in [0.29, 0.717) is 0 Å². The molecule has 0 unspecified atom stereocenters. The Kier molecular flexibility index (Phi) is 2.19. The van der Waals surface area contributed by atoms with Crippen LogP contribution in [0.2, 0.25) is 0 Å². The van der Waals surface area contributed by atoms with E-state index in [1.54, 1.807) is 18.9 Å². The van der Waals surface area contributed by atoms with Crippen LogP contribution in [0.5, 0.6) is 0 Å². The first kappa shape index (κ1) is 10.9. The minimum Gasteiger partial charge on any atom is -0.380 e. The van der Waals surface area contributed by atoms with E-state index in [-0.39, 0.29) is 11.3 Å². The first-order chi connectivity index (χ1) is 7.30. The SMILES string of the molecule is CC1(C)CS(=O)(=O)C=CN1[n+]1cc(=N)o[n-]1. The molecule has 1 aliphatic rings. The standard InChI is InChI=1S/C8H12N4O3S/c1-8(2)6-16(13,14)4-3-11(8)12-5-7(9)15-10-12/h3-5,9H,6H2,1-2H3. The lowest BCUT2D eigenvalue weighted by Gasteiger charge is -2.38. The lowest BCUT2D eigenvalue weighted by atomic mass is 10.1. The Bertz CT molecular complexity index is 580. The molecule has 2 heterocycles. The van der Waals surface area contributed by atoms with E-state index in [2.05, 4.69) is 9.79 Å². The summed E-state index contributed by atoms with van der Waals surface area (Å²) in [7, 11) is -3.17. The van der Waals surface area contributed by atoms with Gasteiger partial charge in [0, 0.05) is 10.9 Å². The van der Waals surface area contributed by atoms with Crippen molar-refractivity contribution >= 4 is 9.84 Å². The van der Waals surface area contributed by atoms with Gasteiger partial charge in [-0.2, -0.15) is 0 Å². The first-order valence-corrected chi connectivity index (χ1v) is 6.33. The normalized spacial score (nSPS) is 22.2. The van der Waals surface area contributed by atoms with E-state index in [9.17, 15) is 8.42 Å². The summed E-state index contributed by atoms with van der Waals surface area (Å²) >= 11 is 0. The molecule has 7 nitrogen and oxygen atoms in total. The van der Waals surface area contributed by atoms with Crippen LogP contribution in [0.1, 0.15) is 13.8 Å². The van der Waals surface area contributed by atoms with E-state index in [4.69, 9.17) is 5.41 Å². The number of sulfone groups is 1. The maximum atomic E-state index is 11.4. The molecule has 1 N–H and O–H groups in total. The predicted octanol–water partition coefficient (Wildman–Crippen LogP) is -1.38. The summed E-state index contributed by atoms with van der Waals surface area (Å²) in [5, 5.41) is 13.6. The second-order valence-corrected chi connectivity index (χ2v) is 6.12. The fourth-order valence-corrected chi connectivity index (χ4v) is 3.16. The molecule has 0 spiro atoms. The number of hydrogen-bond donors (Lipinski definition) is 1. The molecule has 0 aromatic carbocycles. The molecule has 0 saturated heterocycles. The van der Waals surface area contributed by atoms with Crippen LogP contribution in [0, 0.1) is 5.41 Å². The van der Waals surface area contributed by atoms with Crippen molar-refractivity contribution in [3.05, 3.63) is 23.4 Å². The maximum Gasteiger partial charge on any atom is 0.286 e. The highest BCUT2D eigenvalue weighted by Crippen LogP contribution is 2.18. The molecule has 2 rings (SSSR count). The van der Waals surface area contributed by atoms with Crippen molar-refractivity contribution in [1.82, 2.24) is 5.27 Å². The van der Waals surface area contributed by atoms with Gasteiger partial charge in [0.05, 0.1) is 5.75 Å². The summed E-state index contributed by atoms with van der Waals surface area (Å²) in [5.74, 6) is -0.0102. The average molecular weight is 244 g/mol. The zero-order valence-electron chi connectivity index (χ0n) is 8.91. The van der Waals surface area contributed by atoms with E-state index in [0.717, 1.165) is 5.41 Å². The molecule has 0 fully saturated rings. The molecule has 0 amide bonds. The van der Waals surface area contributed by atoms with Gasteiger partial charge in [0.1, 0.15) is 0 Å². The van der Waals surface area contributed by atoms with E-state index in [1.807, 2.05) is 0 Å². The minimum atomic E-state index is -3.17. The van der Waals surface area contributed by atoms with Crippen LogP contribution in [0.4, 0.5) is 0 Å². The third-order valence-corrected chi connectivity index (χ3v) is 3.91. The first-order valence-electron chi connectivity index (χ1n) is 4.61. The summed E-state index contributed by atoms with van der Waals surface area (Å²) in [5.41, 5.74) is -0.723. The highest BCUT2D eigenvalue weighted by molar-refractivity contribution is 7.94. The zero-order chi connectivity index (χ0) is 12.0. The van der Waals surface area contributed by atoms with Gasteiger partial charge < -0.3 is 4.52 Å². The van der Waals surface area contributed by atoms with Crippen LogP contribution in [-0.2, 0) is 9.84 Å². The van der Waals surface area contributed by atoms with E-state index in [1.165, 1.54) is 17.2 Å². The van der Waals surface area contributed by atoms with Crippen molar-refractivity contribution in [2.24, 2.45) is 0 Å². The van der Waals surface area contributed by atoms with Crippen molar-refractivity contribution in [3.63, 3.8) is 0 Å². The smallest absolute Gasteiger partial charge is 0.286 e. The second-order valence-electron chi connectivity index (χ2n) is 4.24. The molecule has 88 valence electrons. The molecule has 1 aromatic rings. The van der Waals surface area contributed by atoms with Gasteiger partial charge in [-0.3, -0.25) is 5.41 Å². The Morgan fingerprint density at radius 3 is 2.81 bits per heavy atom. The molecule has 8 heteroatoms. The topological polar surface area (TPSA) is 92.4 Å². The lowest BCUT2D eigenvalue weighted by molar-refractivity contribution is -0.763. The maximum absolute atomic E-state index is 11.4. The summed E-state index contributed by atoms with van der Waals surface area (Å²) in [4.78, 5) is 1.31. The van der Waals surface area contributed by atoms with E-state index < -0.39 is 15.4 Å². The number of nitrogens with zero attached hydrogens (tertiary/aromatic N) is 3. The van der Waals surface area contributed by atoms with Crippen LogP contribution < -0.4 is 20.6 Å². The highest BCUT2D eigenvalue weighted by Gasteiger charge is 2.34. The summed E-state index contributed by atoms with van der Waals surface area (Å²) in [6.45, 7) is 3.55. The fraction of sp³-hybridized carbons (Fsp3) is 0.500. The molecule has 0 atom stereocenters. The Balaban J connectivity index is 2.47. The molecule has 1 aromatic heterocycles. The highest BCUT2D eigenvalue weighted by atomic mass is 32.2. The fourth-order valence-electron chi connectivity index (χ4n) is 1.64. The summed E-state index contributed by atoms with van der Waals surface area (Å²) in [6, 6.07) is 0. The third-order valence-electron chi connectivity index (χ3n) is 2.26.